The Labute approximate surface area is 117 Å². The molecule has 1 heterocycles. The molecule has 0 saturated carbocycles. The minimum atomic E-state index is 0.675. The van der Waals surface area contributed by atoms with Crippen molar-refractivity contribution in [2.45, 2.75) is 18.4 Å². The van der Waals surface area contributed by atoms with Gasteiger partial charge in [-0.15, -0.1) is 11.8 Å². The van der Waals surface area contributed by atoms with Gasteiger partial charge in [0.15, 0.2) is 0 Å². The molecule has 0 fully saturated rings. The molecule has 96 valence electrons. The largest absolute Gasteiger partial charge is 0.379 e. The second-order valence-electron chi connectivity index (χ2n) is 4.05. The van der Waals surface area contributed by atoms with Crippen LogP contribution in [0.25, 0.3) is 0 Å². The van der Waals surface area contributed by atoms with E-state index in [1.54, 1.807) is 11.8 Å². The molecule has 0 saturated heterocycles. The molecule has 18 heavy (non-hydrogen) atoms. The van der Waals surface area contributed by atoms with Gasteiger partial charge in [-0.25, -0.2) is 0 Å². The molecule has 1 aromatic heterocycles. The summed E-state index contributed by atoms with van der Waals surface area (Å²) < 4.78 is 1.82. The molecule has 0 bridgehead atoms. The summed E-state index contributed by atoms with van der Waals surface area (Å²) in [5.41, 5.74) is 2.96. The van der Waals surface area contributed by atoms with E-state index in [4.69, 9.17) is 11.6 Å². The Balaban J connectivity index is 2.06. The van der Waals surface area contributed by atoms with Gasteiger partial charge in [-0.1, -0.05) is 11.6 Å². The van der Waals surface area contributed by atoms with E-state index in [0.717, 1.165) is 22.1 Å². The first-order valence-corrected chi connectivity index (χ1v) is 7.28. The van der Waals surface area contributed by atoms with Crippen molar-refractivity contribution in [3.8, 4) is 0 Å². The normalized spacial score (nSPS) is 10.7. The summed E-state index contributed by atoms with van der Waals surface area (Å²) in [7, 11) is 1.91. The van der Waals surface area contributed by atoms with Crippen molar-refractivity contribution in [2.75, 3.05) is 11.6 Å². The lowest BCUT2D eigenvalue weighted by Gasteiger charge is -2.07. The minimum Gasteiger partial charge on any atom is -0.379 e. The molecule has 0 amide bonds. The van der Waals surface area contributed by atoms with E-state index < -0.39 is 0 Å². The SMILES string of the molecule is CSc1ccc(NCc2c(Cl)c(C)nn2C)cc1. The van der Waals surface area contributed by atoms with Gasteiger partial charge in [0.2, 0.25) is 0 Å². The minimum absolute atomic E-state index is 0.675. The Morgan fingerprint density at radius 2 is 2.00 bits per heavy atom. The Kier molecular flexibility index (Phi) is 4.19. The summed E-state index contributed by atoms with van der Waals surface area (Å²) in [5.74, 6) is 0. The lowest BCUT2D eigenvalue weighted by Crippen LogP contribution is -2.05. The molecule has 1 aromatic carbocycles. The molecule has 0 aliphatic carbocycles. The number of thioether (sulfide) groups is 1. The first kappa shape index (κ1) is 13.3. The maximum absolute atomic E-state index is 6.20. The fourth-order valence-corrected chi connectivity index (χ4v) is 2.40. The molecule has 0 unspecified atom stereocenters. The highest BCUT2D eigenvalue weighted by molar-refractivity contribution is 7.98. The summed E-state index contributed by atoms with van der Waals surface area (Å²) in [4.78, 5) is 1.26. The lowest BCUT2D eigenvalue weighted by atomic mass is 10.3. The zero-order chi connectivity index (χ0) is 13.1. The van der Waals surface area contributed by atoms with E-state index in [0.29, 0.717) is 6.54 Å². The second kappa shape index (κ2) is 5.67. The van der Waals surface area contributed by atoms with Crippen LogP contribution in [0.2, 0.25) is 5.02 Å². The fraction of sp³-hybridized carbons (Fsp3) is 0.308. The number of nitrogens with one attached hydrogen (secondary N) is 1. The molecule has 1 N–H and O–H groups in total. The maximum Gasteiger partial charge on any atom is 0.0865 e. The predicted octanol–water partition coefficient (Wildman–Crippen LogP) is 3.72. The van der Waals surface area contributed by atoms with Gasteiger partial charge in [-0.05, 0) is 37.4 Å². The van der Waals surface area contributed by atoms with Crippen LogP contribution < -0.4 is 5.32 Å². The molecular formula is C13H16ClN3S. The van der Waals surface area contributed by atoms with Crippen LogP contribution in [0.3, 0.4) is 0 Å². The third-order valence-corrected chi connectivity index (χ3v) is 4.05. The van der Waals surface area contributed by atoms with Crippen LogP contribution in [-0.4, -0.2) is 16.0 Å². The monoisotopic (exact) mass is 281 g/mol. The highest BCUT2D eigenvalue weighted by atomic mass is 35.5. The molecule has 3 nitrogen and oxygen atoms in total. The van der Waals surface area contributed by atoms with Crippen molar-refractivity contribution in [3.63, 3.8) is 0 Å². The molecule has 0 aliphatic rings. The van der Waals surface area contributed by atoms with Crippen molar-refractivity contribution in [1.29, 1.82) is 0 Å². The number of benzene rings is 1. The molecular weight excluding hydrogens is 266 g/mol. The van der Waals surface area contributed by atoms with E-state index in [-0.39, 0.29) is 0 Å². The zero-order valence-corrected chi connectivity index (χ0v) is 12.3. The van der Waals surface area contributed by atoms with Gasteiger partial charge >= 0.3 is 0 Å². The number of nitrogens with zero attached hydrogens (tertiary/aromatic N) is 2. The third-order valence-electron chi connectivity index (χ3n) is 2.81. The van der Waals surface area contributed by atoms with Crippen LogP contribution in [-0.2, 0) is 13.6 Å². The number of hydrogen-bond acceptors (Lipinski definition) is 3. The molecule has 2 aromatic rings. The van der Waals surface area contributed by atoms with E-state index in [9.17, 15) is 0 Å². The van der Waals surface area contributed by atoms with Gasteiger partial charge in [0, 0.05) is 17.6 Å². The Morgan fingerprint density at radius 3 is 2.50 bits per heavy atom. The van der Waals surface area contributed by atoms with Crippen LogP contribution in [0.15, 0.2) is 29.2 Å². The number of hydrogen-bond donors (Lipinski definition) is 1. The van der Waals surface area contributed by atoms with Crippen LogP contribution in [0, 0.1) is 6.92 Å². The average Bonchev–Trinajstić information content (AvgIpc) is 2.62. The van der Waals surface area contributed by atoms with Gasteiger partial charge < -0.3 is 5.32 Å². The summed E-state index contributed by atoms with van der Waals surface area (Å²) in [6.45, 7) is 2.59. The van der Waals surface area contributed by atoms with Gasteiger partial charge in [0.05, 0.1) is 23.0 Å². The van der Waals surface area contributed by atoms with Crippen LogP contribution in [0.5, 0.6) is 0 Å². The summed E-state index contributed by atoms with van der Waals surface area (Å²) >= 11 is 7.94. The van der Waals surface area contributed by atoms with Crippen molar-refractivity contribution >= 4 is 29.1 Å². The van der Waals surface area contributed by atoms with Crippen molar-refractivity contribution in [1.82, 2.24) is 9.78 Å². The number of anilines is 1. The Morgan fingerprint density at radius 1 is 1.33 bits per heavy atom. The molecule has 0 atom stereocenters. The van der Waals surface area contributed by atoms with Gasteiger partial charge in [0.1, 0.15) is 0 Å². The topological polar surface area (TPSA) is 29.9 Å². The molecule has 0 radical (unpaired) electrons. The highest BCUT2D eigenvalue weighted by Gasteiger charge is 2.10. The van der Waals surface area contributed by atoms with Crippen molar-refractivity contribution in [2.24, 2.45) is 7.05 Å². The molecule has 2 rings (SSSR count). The first-order valence-electron chi connectivity index (χ1n) is 5.67. The van der Waals surface area contributed by atoms with Gasteiger partial charge in [0.25, 0.3) is 0 Å². The summed E-state index contributed by atoms with van der Waals surface area (Å²) in [6, 6.07) is 8.35. The Bertz CT molecular complexity index is 534. The lowest BCUT2D eigenvalue weighted by molar-refractivity contribution is 0.713. The number of halogens is 1. The quantitative estimate of drug-likeness (QED) is 0.867. The third kappa shape index (κ3) is 2.82. The van der Waals surface area contributed by atoms with Gasteiger partial charge in [-0.2, -0.15) is 5.10 Å². The standard InChI is InChI=1S/C13H16ClN3S/c1-9-13(14)12(17(2)16-9)8-15-10-4-6-11(18-3)7-5-10/h4-7,15H,8H2,1-3H3. The van der Waals surface area contributed by atoms with E-state index in [2.05, 4.69) is 40.9 Å². The number of aromatic nitrogens is 2. The van der Waals surface area contributed by atoms with Crippen molar-refractivity contribution in [3.05, 3.63) is 40.7 Å². The van der Waals surface area contributed by atoms with Crippen LogP contribution in [0.4, 0.5) is 5.69 Å². The van der Waals surface area contributed by atoms with E-state index in [1.807, 2.05) is 18.7 Å². The van der Waals surface area contributed by atoms with Crippen molar-refractivity contribution < 1.29 is 0 Å². The molecule has 0 spiro atoms. The summed E-state index contributed by atoms with van der Waals surface area (Å²) in [6.07, 6.45) is 2.07. The smallest absolute Gasteiger partial charge is 0.0865 e. The van der Waals surface area contributed by atoms with Crippen LogP contribution in [0.1, 0.15) is 11.4 Å². The fourth-order valence-electron chi connectivity index (χ4n) is 1.77. The van der Waals surface area contributed by atoms with E-state index in [1.165, 1.54) is 4.90 Å². The van der Waals surface area contributed by atoms with Gasteiger partial charge in [-0.3, -0.25) is 4.68 Å². The number of aryl methyl sites for hydroxylation is 2. The Hall–Kier alpha value is -1.13. The highest BCUT2D eigenvalue weighted by Crippen LogP contribution is 2.21. The maximum atomic E-state index is 6.20. The van der Waals surface area contributed by atoms with Crippen LogP contribution >= 0.6 is 23.4 Å². The number of rotatable bonds is 4. The first-order chi connectivity index (χ1) is 8.61. The second-order valence-corrected chi connectivity index (χ2v) is 5.31. The molecule has 0 aliphatic heterocycles. The molecule has 5 heteroatoms. The average molecular weight is 282 g/mol. The zero-order valence-electron chi connectivity index (χ0n) is 10.7. The predicted molar refractivity (Wildman–Crippen MR) is 78.5 cm³/mol. The summed E-state index contributed by atoms with van der Waals surface area (Å²) in [5, 5.41) is 8.39. The van der Waals surface area contributed by atoms with E-state index >= 15 is 0 Å².